The van der Waals surface area contributed by atoms with Crippen molar-refractivity contribution in [2.75, 3.05) is 18.9 Å². The van der Waals surface area contributed by atoms with E-state index in [0.29, 0.717) is 11.7 Å². The average molecular weight is 406 g/mol. The van der Waals surface area contributed by atoms with Gasteiger partial charge in [0.2, 0.25) is 5.91 Å². The molecule has 0 aliphatic rings. The van der Waals surface area contributed by atoms with Gasteiger partial charge in [-0.15, -0.1) is 21.5 Å². The van der Waals surface area contributed by atoms with Gasteiger partial charge in [0, 0.05) is 0 Å². The van der Waals surface area contributed by atoms with Crippen LogP contribution in [0.15, 0.2) is 45.5 Å². The highest BCUT2D eigenvalue weighted by Crippen LogP contribution is 2.28. The smallest absolute Gasteiger partial charge is 0.325 e. The van der Waals surface area contributed by atoms with Crippen molar-refractivity contribution in [1.29, 1.82) is 0 Å². The lowest BCUT2D eigenvalue weighted by atomic mass is 10.4. The summed E-state index contributed by atoms with van der Waals surface area (Å²) in [6.07, 6.45) is 1.61. The molecule has 3 aromatic heterocycles. The van der Waals surface area contributed by atoms with Gasteiger partial charge in [0.05, 0.1) is 30.0 Å². The van der Waals surface area contributed by atoms with Crippen LogP contribution in [-0.2, 0) is 20.9 Å². The number of nitrogens with one attached hydrogen (secondary N) is 1. The number of thiophene rings is 1. The number of hydrogen-bond donors (Lipinski definition) is 1. The van der Waals surface area contributed by atoms with E-state index in [0.717, 1.165) is 16.5 Å². The Bertz CT molecular complexity index is 875. The van der Waals surface area contributed by atoms with E-state index in [4.69, 9.17) is 9.15 Å². The summed E-state index contributed by atoms with van der Waals surface area (Å²) in [7, 11) is 0. The van der Waals surface area contributed by atoms with Crippen LogP contribution in [-0.4, -0.2) is 45.5 Å². The number of thioether (sulfide) groups is 1. The Balaban J connectivity index is 1.67. The molecular weight excluding hydrogens is 388 g/mol. The zero-order chi connectivity index (χ0) is 19.1. The molecule has 0 unspecified atom stereocenters. The fraction of sp³-hybridized carbons (Fsp3) is 0.294. The Morgan fingerprint density at radius 3 is 2.93 bits per heavy atom. The Kier molecular flexibility index (Phi) is 6.66. The Labute approximate surface area is 163 Å². The quantitative estimate of drug-likeness (QED) is 0.430. The molecule has 1 N–H and O–H groups in total. The average Bonchev–Trinajstić information content (AvgIpc) is 3.41. The van der Waals surface area contributed by atoms with E-state index >= 15 is 0 Å². The van der Waals surface area contributed by atoms with E-state index in [1.54, 1.807) is 24.5 Å². The van der Waals surface area contributed by atoms with Crippen LogP contribution in [0.1, 0.15) is 12.7 Å². The van der Waals surface area contributed by atoms with Gasteiger partial charge in [0.1, 0.15) is 12.3 Å². The van der Waals surface area contributed by atoms with Crippen LogP contribution in [0.4, 0.5) is 0 Å². The largest absolute Gasteiger partial charge is 0.467 e. The van der Waals surface area contributed by atoms with Gasteiger partial charge in [-0.25, -0.2) is 0 Å². The zero-order valence-electron chi connectivity index (χ0n) is 14.6. The molecule has 1 amide bonds. The van der Waals surface area contributed by atoms with Crippen LogP contribution in [0.5, 0.6) is 0 Å². The van der Waals surface area contributed by atoms with Crippen molar-refractivity contribution in [2.24, 2.45) is 0 Å². The second-order valence-electron chi connectivity index (χ2n) is 5.32. The maximum atomic E-state index is 12.0. The summed E-state index contributed by atoms with van der Waals surface area (Å²) in [5.74, 6) is 0.854. The number of nitrogens with zero attached hydrogens (tertiary/aromatic N) is 3. The molecule has 0 spiro atoms. The lowest BCUT2D eigenvalue weighted by Crippen LogP contribution is -2.31. The first-order valence-electron chi connectivity index (χ1n) is 8.22. The Hall–Kier alpha value is -2.59. The molecular formula is C17H18N4O4S2. The molecule has 3 heterocycles. The summed E-state index contributed by atoms with van der Waals surface area (Å²) in [5, 5.41) is 13.6. The van der Waals surface area contributed by atoms with Crippen LogP contribution in [0.2, 0.25) is 0 Å². The number of aromatic nitrogens is 3. The molecule has 10 heteroatoms. The number of hydrogen-bond acceptors (Lipinski definition) is 8. The summed E-state index contributed by atoms with van der Waals surface area (Å²) in [4.78, 5) is 24.3. The summed E-state index contributed by atoms with van der Waals surface area (Å²) >= 11 is 2.81. The van der Waals surface area contributed by atoms with Gasteiger partial charge in [-0.3, -0.25) is 14.2 Å². The first-order valence-corrected chi connectivity index (χ1v) is 10.1. The van der Waals surface area contributed by atoms with Crippen LogP contribution in [0.3, 0.4) is 0 Å². The predicted molar refractivity (Wildman–Crippen MR) is 102 cm³/mol. The van der Waals surface area contributed by atoms with Crippen molar-refractivity contribution in [3.63, 3.8) is 0 Å². The second-order valence-corrected chi connectivity index (χ2v) is 7.21. The standard InChI is InChI=1S/C17H18N4O4S2/c1-2-24-15(23)9-18-14(22)11-27-17-20-19-16(13-6-4-8-26-13)21(17)10-12-5-3-7-25-12/h3-8H,2,9-11H2,1H3,(H,18,22). The lowest BCUT2D eigenvalue weighted by Gasteiger charge is -2.08. The molecule has 0 aromatic carbocycles. The minimum absolute atomic E-state index is 0.111. The summed E-state index contributed by atoms with van der Waals surface area (Å²) in [6, 6.07) is 7.61. The first-order chi connectivity index (χ1) is 13.2. The van der Waals surface area contributed by atoms with Gasteiger partial charge in [-0.1, -0.05) is 17.8 Å². The lowest BCUT2D eigenvalue weighted by molar-refractivity contribution is -0.143. The molecule has 8 nitrogen and oxygen atoms in total. The molecule has 3 aromatic rings. The van der Waals surface area contributed by atoms with Gasteiger partial charge >= 0.3 is 5.97 Å². The van der Waals surface area contributed by atoms with E-state index in [-0.39, 0.29) is 24.8 Å². The number of rotatable bonds is 9. The van der Waals surface area contributed by atoms with E-state index < -0.39 is 5.97 Å². The minimum atomic E-state index is -0.461. The molecule has 0 aliphatic carbocycles. The van der Waals surface area contributed by atoms with Gasteiger partial charge < -0.3 is 14.5 Å². The number of carbonyl (C=O) groups is 2. The van der Waals surface area contributed by atoms with Crippen molar-refractivity contribution < 1.29 is 18.7 Å². The van der Waals surface area contributed by atoms with Crippen LogP contribution in [0.25, 0.3) is 10.7 Å². The van der Waals surface area contributed by atoms with Crippen LogP contribution < -0.4 is 5.32 Å². The molecule has 0 saturated carbocycles. The fourth-order valence-electron chi connectivity index (χ4n) is 2.25. The molecule has 0 fully saturated rings. The van der Waals surface area contributed by atoms with E-state index in [1.807, 2.05) is 34.2 Å². The van der Waals surface area contributed by atoms with Gasteiger partial charge in [-0.2, -0.15) is 0 Å². The molecule has 27 heavy (non-hydrogen) atoms. The van der Waals surface area contributed by atoms with Crippen molar-refractivity contribution in [3.05, 3.63) is 41.7 Å². The highest BCUT2D eigenvalue weighted by Gasteiger charge is 2.17. The highest BCUT2D eigenvalue weighted by molar-refractivity contribution is 7.99. The molecule has 0 aliphatic heterocycles. The van der Waals surface area contributed by atoms with Gasteiger partial charge in [0.25, 0.3) is 0 Å². The van der Waals surface area contributed by atoms with E-state index in [9.17, 15) is 9.59 Å². The fourth-order valence-corrected chi connectivity index (χ4v) is 3.73. The van der Waals surface area contributed by atoms with Crippen molar-refractivity contribution in [3.8, 4) is 10.7 Å². The van der Waals surface area contributed by atoms with Crippen molar-refractivity contribution in [1.82, 2.24) is 20.1 Å². The first kappa shape index (κ1) is 19.2. The third-order valence-corrected chi connectivity index (χ3v) is 5.25. The Morgan fingerprint density at radius 2 is 2.22 bits per heavy atom. The summed E-state index contributed by atoms with van der Waals surface area (Å²) in [6.45, 7) is 2.31. The SMILES string of the molecule is CCOC(=O)CNC(=O)CSc1nnc(-c2cccs2)n1Cc1ccco1. The Morgan fingerprint density at radius 1 is 1.33 bits per heavy atom. The third-order valence-electron chi connectivity index (χ3n) is 3.42. The minimum Gasteiger partial charge on any atom is -0.467 e. The van der Waals surface area contributed by atoms with Gasteiger partial charge in [-0.05, 0) is 30.5 Å². The topological polar surface area (TPSA) is 99.2 Å². The molecule has 142 valence electrons. The number of esters is 1. The maximum absolute atomic E-state index is 12.0. The summed E-state index contributed by atoms with van der Waals surface area (Å²) < 4.78 is 12.1. The van der Waals surface area contributed by atoms with E-state index in [1.165, 1.54) is 11.8 Å². The molecule has 0 saturated heterocycles. The monoisotopic (exact) mass is 406 g/mol. The molecule has 0 atom stereocenters. The number of ether oxygens (including phenoxy) is 1. The molecule has 3 rings (SSSR count). The number of furan rings is 1. The maximum Gasteiger partial charge on any atom is 0.325 e. The van der Waals surface area contributed by atoms with Crippen molar-refractivity contribution >= 4 is 35.0 Å². The predicted octanol–water partition coefficient (Wildman–Crippen LogP) is 2.42. The van der Waals surface area contributed by atoms with Gasteiger partial charge in [0.15, 0.2) is 11.0 Å². The van der Waals surface area contributed by atoms with Crippen LogP contribution in [0, 0.1) is 0 Å². The molecule has 0 radical (unpaired) electrons. The second kappa shape index (κ2) is 9.38. The third kappa shape index (κ3) is 5.20. The van der Waals surface area contributed by atoms with E-state index in [2.05, 4.69) is 15.5 Å². The number of carbonyl (C=O) groups excluding carboxylic acids is 2. The molecule has 0 bridgehead atoms. The normalized spacial score (nSPS) is 10.7. The van der Waals surface area contributed by atoms with Crippen LogP contribution >= 0.6 is 23.1 Å². The highest BCUT2D eigenvalue weighted by atomic mass is 32.2. The summed E-state index contributed by atoms with van der Waals surface area (Å²) in [5.41, 5.74) is 0. The van der Waals surface area contributed by atoms with Crippen molar-refractivity contribution in [2.45, 2.75) is 18.6 Å². The number of amides is 1. The zero-order valence-corrected chi connectivity index (χ0v) is 16.2.